The van der Waals surface area contributed by atoms with Gasteiger partial charge in [-0.1, -0.05) is 12.1 Å². The normalized spacial score (nSPS) is 17.6. The average molecular weight is 442 g/mol. The minimum absolute atomic E-state index is 0.0451. The zero-order valence-corrected chi connectivity index (χ0v) is 17.3. The van der Waals surface area contributed by atoms with Gasteiger partial charge in [0.05, 0.1) is 43.5 Å². The molecule has 1 heterocycles. The number of nitrogens with zero attached hydrogens (tertiary/aromatic N) is 2. The summed E-state index contributed by atoms with van der Waals surface area (Å²) in [5.41, 5.74) is 0.388. The average Bonchev–Trinajstić information content (AvgIpc) is 3.06. The number of nitro groups is 1. The SMILES string of the molecule is COc1cccc([C@@H]2C(=C(O)c3ccc([N+](=O)[O-])cc3)C(=O)C(=O)N2CCOCCO)c1. The highest BCUT2D eigenvalue weighted by Crippen LogP contribution is 2.40. The molecule has 0 spiro atoms. The third kappa shape index (κ3) is 4.61. The Kier molecular flexibility index (Phi) is 7.18. The summed E-state index contributed by atoms with van der Waals surface area (Å²) in [7, 11) is 1.48. The summed E-state index contributed by atoms with van der Waals surface area (Å²) in [6.45, 7) is 0.0178. The number of likely N-dealkylation sites (tertiary alicyclic amines) is 1. The molecular weight excluding hydrogens is 420 g/mol. The molecule has 10 heteroatoms. The molecule has 1 fully saturated rings. The first-order valence-electron chi connectivity index (χ1n) is 9.74. The zero-order chi connectivity index (χ0) is 23.3. The van der Waals surface area contributed by atoms with Crippen LogP contribution in [0.5, 0.6) is 5.75 Å². The van der Waals surface area contributed by atoms with Crippen LogP contribution in [0.3, 0.4) is 0 Å². The fourth-order valence-corrected chi connectivity index (χ4v) is 3.49. The van der Waals surface area contributed by atoms with E-state index < -0.39 is 28.4 Å². The highest BCUT2D eigenvalue weighted by molar-refractivity contribution is 6.46. The van der Waals surface area contributed by atoms with E-state index in [1.807, 2.05) is 0 Å². The molecule has 1 aliphatic rings. The predicted octanol–water partition coefficient (Wildman–Crippen LogP) is 2.03. The number of nitro benzene ring substituents is 1. The highest BCUT2D eigenvalue weighted by atomic mass is 16.6. The van der Waals surface area contributed by atoms with E-state index in [1.165, 1.54) is 36.3 Å². The Morgan fingerprint density at radius 2 is 1.88 bits per heavy atom. The van der Waals surface area contributed by atoms with E-state index in [0.717, 1.165) is 0 Å². The molecule has 168 valence electrons. The van der Waals surface area contributed by atoms with Gasteiger partial charge < -0.3 is 24.6 Å². The zero-order valence-electron chi connectivity index (χ0n) is 17.3. The molecule has 0 aromatic heterocycles. The van der Waals surface area contributed by atoms with Crippen LogP contribution in [0.2, 0.25) is 0 Å². The molecule has 10 nitrogen and oxygen atoms in total. The lowest BCUT2D eigenvalue weighted by Gasteiger charge is -2.25. The maximum absolute atomic E-state index is 12.9. The number of hydrogen-bond acceptors (Lipinski definition) is 8. The molecule has 0 bridgehead atoms. The number of benzene rings is 2. The number of methoxy groups -OCH3 is 1. The number of hydrogen-bond donors (Lipinski definition) is 2. The Labute approximate surface area is 183 Å². The van der Waals surface area contributed by atoms with E-state index in [0.29, 0.717) is 11.3 Å². The molecule has 0 aliphatic carbocycles. The van der Waals surface area contributed by atoms with E-state index >= 15 is 0 Å². The van der Waals surface area contributed by atoms with Crippen molar-refractivity contribution in [3.8, 4) is 5.75 Å². The van der Waals surface area contributed by atoms with Gasteiger partial charge in [0.2, 0.25) is 0 Å². The van der Waals surface area contributed by atoms with Crippen molar-refractivity contribution in [3.63, 3.8) is 0 Å². The molecule has 3 rings (SSSR count). The van der Waals surface area contributed by atoms with Gasteiger partial charge in [0, 0.05) is 24.2 Å². The van der Waals surface area contributed by atoms with Gasteiger partial charge in [-0.3, -0.25) is 19.7 Å². The fraction of sp³-hybridized carbons (Fsp3) is 0.273. The summed E-state index contributed by atoms with van der Waals surface area (Å²) in [6, 6.07) is 10.9. The predicted molar refractivity (Wildman–Crippen MR) is 113 cm³/mol. The minimum Gasteiger partial charge on any atom is -0.507 e. The van der Waals surface area contributed by atoms with Crippen LogP contribution < -0.4 is 4.74 Å². The number of rotatable bonds is 9. The second kappa shape index (κ2) is 10.0. The van der Waals surface area contributed by atoms with Crippen LogP contribution in [-0.2, 0) is 14.3 Å². The van der Waals surface area contributed by atoms with Crippen molar-refractivity contribution in [1.82, 2.24) is 4.90 Å². The molecule has 1 atom stereocenters. The molecule has 32 heavy (non-hydrogen) atoms. The first-order chi connectivity index (χ1) is 15.4. The number of Topliss-reactive ketones (excluding diaryl/α,β-unsaturated/α-hetero) is 1. The molecule has 0 unspecified atom stereocenters. The van der Waals surface area contributed by atoms with Crippen LogP contribution in [0.25, 0.3) is 5.76 Å². The van der Waals surface area contributed by atoms with Crippen molar-refractivity contribution in [1.29, 1.82) is 0 Å². The third-order valence-electron chi connectivity index (χ3n) is 5.01. The van der Waals surface area contributed by atoms with Gasteiger partial charge in [0.1, 0.15) is 11.5 Å². The largest absolute Gasteiger partial charge is 0.507 e. The topological polar surface area (TPSA) is 139 Å². The number of non-ortho nitro benzene ring substituents is 1. The summed E-state index contributed by atoms with van der Waals surface area (Å²) in [5, 5.41) is 30.7. The molecule has 1 aliphatic heterocycles. The molecule has 2 aromatic rings. The minimum atomic E-state index is -0.919. The monoisotopic (exact) mass is 442 g/mol. The second-order valence-corrected chi connectivity index (χ2v) is 6.91. The van der Waals surface area contributed by atoms with E-state index in [9.17, 15) is 24.8 Å². The molecule has 0 saturated carbocycles. The number of carbonyl (C=O) groups excluding carboxylic acids is 2. The van der Waals surface area contributed by atoms with Gasteiger partial charge >= 0.3 is 0 Å². The number of aliphatic hydroxyl groups is 2. The quantitative estimate of drug-likeness (QED) is 0.150. The number of ketones is 1. The van der Waals surface area contributed by atoms with Crippen LogP contribution in [0, 0.1) is 10.1 Å². The van der Waals surface area contributed by atoms with Gasteiger partial charge in [0.15, 0.2) is 0 Å². The van der Waals surface area contributed by atoms with Gasteiger partial charge in [0.25, 0.3) is 17.4 Å². The van der Waals surface area contributed by atoms with Crippen molar-refractivity contribution in [2.45, 2.75) is 6.04 Å². The standard InChI is InChI=1S/C22H22N2O8/c1-31-17-4-2-3-15(13-17)19-18(20(26)14-5-7-16(8-6-14)24(29)30)21(27)22(28)23(19)9-11-32-12-10-25/h2-8,13,19,25-26H,9-12H2,1H3/t19-/m1/s1. The Balaban J connectivity index is 2.08. The molecule has 1 saturated heterocycles. The summed E-state index contributed by atoms with van der Waals surface area (Å²) in [6.07, 6.45) is 0. The van der Waals surface area contributed by atoms with Crippen LogP contribution in [-0.4, -0.2) is 65.2 Å². The lowest BCUT2D eigenvalue weighted by Crippen LogP contribution is -2.33. The van der Waals surface area contributed by atoms with Crippen molar-refractivity contribution < 1.29 is 34.2 Å². The van der Waals surface area contributed by atoms with Crippen LogP contribution in [0.15, 0.2) is 54.1 Å². The maximum Gasteiger partial charge on any atom is 0.295 e. The molecule has 1 amide bonds. The van der Waals surface area contributed by atoms with Crippen molar-refractivity contribution in [2.75, 3.05) is 33.5 Å². The summed E-state index contributed by atoms with van der Waals surface area (Å²) < 4.78 is 10.5. The lowest BCUT2D eigenvalue weighted by atomic mass is 9.95. The number of amides is 1. The summed E-state index contributed by atoms with van der Waals surface area (Å²) in [5.74, 6) is -1.63. The van der Waals surface area contributed by atoms with Crippen LogP contribution >= 0.6 is 0 Å². The number of aliphatic hydroxyl groups excluding tert-OH is 2. The van der Waals surface area contributed by atoms with E-state index in [-0.39, 0.29) is 43.2 Å². The Hall–Kier alpha value is -3.76. The van der Waals surface area contributed by atoms with E-state index in [4.69, 9.17) is 14.6 Å². The van der Waals surface area contributed by atoms with Gasteiger partial charge in [-0.05, 0) is 29.8 Å². The molecule has 0 radical (unpaired) electrons. The highest BCUT2D eigenvalue weighted by Gasteiger charge is 2.46. The van der Waals surface area contributed by atoms with Crippen LogP contribution in [0.1, 0.15) is 17.2 Å². The Bertz CT molecular complexity index is 1050. The van der Waals surface area contributed by atoms with E-state index in [2.05, 4.69) is 0 Å². The van der Waals surface area contributed by atoms with Gasteiger partial charge in [-0.15, -0.1) is 0 Å². The van der Waals surface area contributed by atoms with Gasteiger partial charge in [-0.25, -0.2) is 0 Å². The summed E-state index contributed by atoms with van der Waals surface area (Å²) >= 11 is 0. The Morgan fingerprint density at radius 1 is 1.16 bits per heavy atom. The maximum atomic E-state index is 12.9. The number of ether oxygens (including phenoxy) is 2. The van der Waals surface area contributed by atoms with Crippen LogP contribution in [0.4, 0.5) is 5.69 Å². The van der Waals surface area contributed by atoms with Gasteiger partial charge in [-0.2, -0.15) is 0 Å². The fourth-order valence-electron chi connectivity index (χ4n) is 3.49. The van der Waals surface area contributed by atoms with Crippen molar-refractivity contribution >= 4 is 23.1 Å². The molecular formula is C22H22N2O8. The molecule has 2 N–H and O–H groups in total. The second-order valence-electron chi connectivity index (χ2n) is 6.91. The smallest absolute Gasteiger partial charge is 0.295 e. The van der Waals surface area contributed by atoms with E-state index in [1.54, 1.807) is 24.3 Å². The first-order valence-corrected chi connectivity index (χ1v) is 9.74. The number of carbonyl (C=O) groups is 2. The Morgan fingerprint density at radius 3 is 2.50 bits per heavy atom. The van der Waals surface area contributed by atoms with Crippen molar-refractivity contribution in [3.05, 3.63) is 75.3 Å². The molecule has 2 aromatic carbocycles. The van der Waals surface area contributed by atoms with Crippen molar-refractivity contribution in [2.24, 2.45) is 0 Å². The summed E-state index contributed by atoms with van der Waals surface area (Å²) in [4.78, 5) is 37.3. The third-order valence-corrected chi connectivity index (χ3v) is 5.01. The first kappa shape index (κ1) is 22.9. The lowest BCUT2D eigenvalue weighted by molar-refractivity contribution is -0.384.